The lowest BCUT2D eigenvalue weighted by molar-refractivity contribution is 0.332. The molecule has 5 nitrogen and oxygen atoms in total. The van der Waals surface area contributed by atoms with Crippen molar-refractivity contribution in [3.63, 3.8) is 0 Å². The van der Waals surface area contributed by atoms with Crippen LogP contribution >= 0.6 is 0 Å². The summed E-state index contributed by atoms with van der Waals surface area (Å²) < 4.78 is 5.54. The first kappa shape index (κ1) is 14.9. The Morgan fingerprint density at radius 3 is 2.85 bits per heavy atom. The molecule has 0 amide bonds. The van der Waals surface area contributed by atoms with Crippen molar-refractivity contribution in [2.45, 2.75) is 45.6 Å². The van der Waals surface area contributed by atoms with Gasteiger partial charge in [-0.2, -0.15) is 0 Å². The maximum Gasteiger partial charge on any atom is 0.204 e. The van der Waals surface area contributed by atoms with Gasteiger partial charge in [-0.1, -0.05) is 19.8 Å². The predicted octanol–water partition coefficient (Wildman–Crippen LogP) is 2.93. The van der Waals surface area contributed by atoms with Crippen LogP contribution in [0.4, 0.5) is 11.6 Å². The third-order valence-electron chi connectivity index (χ3n) is 4.12. The number of hydrogen-bond donors (Lipinski definition) is 1. The fraction of sp³-hybridized carbons (Fsp3) is 0.733. The highest BCUT2D eigenvalue weighted by atomic mass is 16.5. The van der Waals surface area contributed by atoms with E-state index in [1.165, 1.54) is 25.7 Å². The molecule has 0 bridgehead atoms. The third kappa shape index (κ3) is 3.14. The number of anilines is 2. The first-order valence-corrected chi connectivity index (χ1v) is 7.53. The van der Waals surface area contributed by atoms with Crippen LogP contribution in [-0.4, -0.2) is 36.7 Å². The topological polar surface area (TPSA) is 50.3 Å². The minimum absolute atomic E-state index is 0.539. The van der Waals surface area contributed by atoms with Crippen molar-refractivity contribution in [2.24, 2.45) is 5.92 Å². The van der Waals surface area contributed by atoms with Crippen LogP contribution in [0.25, 0.3) is 0 Å². The molecule has 0 saturated heterocycles. The molecule has 0 aliphatic heterocycles. The fourth-order valence-electron chi connectivity index (χ4n) is 3.02. The molecule has 1 aliphatic rings. The number of hydrogen-bond acceptors (Lipinski definition) is 5. The van der Waals surface area contributed by atoms with E-state index in [1.54, 1.807) is 13.4 Å². The lowest BCUT2D eigenvalue weighted by Crippen LogP contribution is -2.36. The molecule has 2 unspecified atom stereocenters. The molecule has 2 rings (SSSR count). The Labute approximate surface area is 121 Å². The van der Waals surface area contributed by atoms with Crippen LogP contribution in [-0.2, 0) is 0 Å². The Kier molecular flexibility index (Phi) is 5.04. The Balaban J connectivity index is 2.24. The molecular formula is C15H26N4O. The lowest BCUT2D eigenvalue weighted by Gasteiger charge is -2.35. The van der Waals surface area contributed by atoms with E-state index in [2.05, 4.69) is 34.2 Å². The van der Waals surface area contributed by atoms with E-state index in [1.807, 2.05) is 6.92 Å². The summed E-state index contributed by atoms with van der Waals surface area (Å²) in [5.41, 5.74) is 0. The molecule has 0 aromatic carbocycles. The quantitative estimate of drug-likeness (QED) is 0.897. The van der Waals surface area contributed by atoms with Gasteiger partial charge in [0, 0.05) is 19.6 Å². The highest BCUT2D eigenvalue weighted by molar-refractivity contribution is 5.64. The van der Waals surface area contributed by atoms with Crippen molar-refractivity contribution >= 4 is 11.6 Å². The smallest absolute Gasteiger partial charge is 0.204 e. The van der Waals surface area contributed by atoms with Crippen molar-refractivity contribution < 1.29 is 4.74 Å². The number of nitrogens with one attached hydrogen (secondary N) is 1. The summed E-state index contributed by atoms with van der Waals surface area (Å²) in [5.74, 6) is 3.20. The van der Waals surface area contributed by atoms with E-state index in [9.17, 15) is 0 Å². The number of aromatic nitrogens is 2. The van der Waals surface area contributed by atoms with Crippen LogP contribution in [0.2, 0.25) is 0 Å². The van der Waals surface area contributed by atoms with E-state index in [0.717, 1.165) is 29.8 Å². The molecule has 0 radical (unpaired) electrons. The van der Waals surface area contributed by atoms with Crippen molar-refractivity contribution in [1.82, 2.24) is 9.97 Å². The van der Waals surface area contributed by atoms with E-state index in [4.69, 9.17) is 4.74 Å². The van der Waals surface area contributed by atoms with Gasteiger partial charge in [-0.15, -0.1) is 0 Å². The van der Waals surface area contributed by atoms with Gasteiger partial charge in [-0.05, 0) is 25.7 Å². The summed E-state index contributed by atoms with van der Waals surface area (Å²) in [6.45, 7) is 5.20. The summed E-state index contributed by atoms with van der Waals surface area (Å²) in [6.07, 6.45) is 6.70. The molecule has 1 N–H and O–H groups in total. The molecule has 1 fully saturated rings. The molecule has 5 heteroatoms. The first-order chi connectivity index (χ1) is 9.67. The van der Waals surface area contributed by atoms with Crippen molar-refractivity contribution in [3.05, 3.63) is 6.33 Å². The van der Waals surface area contributed by atoms with Crippen molar-refractivity contribution in [3.8, 4) is 5.75 Å². The van der Waals surface area contributed by atoms with Crippen LogP contribution in [0.3, 0.4) is 0 Å². The monoisotopic (exact) mass is 278 g/mol. The van der Waals surface area contributed by atoms with Gasteiger partial charge in [0.1, 0.15) is 6.33 Å². The third-order valence-corrected chi connectivity index (χ3v) is 4.12. The second-order valence-electron chi connectivity index (χ2n) is 5.65. The molecular weight excluding hydrogens is 252 g/mol. The Hall–Kier alpha value is -1.52. The molecule has 1 aliphatic carbocycles. The molecule has 1 saturated carbocycles. The van der Waals surface area contributed by atoms with Crippen LogP contribution in [0.5, 0.6) is 5.75 Å². The number of nitrogens with zero attached hydrogens (tertiary/aromatic N) is 3. The molecule has 20 heavy (non-hydrogen) atoms. The average Bonchev–Trinajstić information content (AvgIpc) is 2.46. The van der Waals surface area contributed by atoms with Crippen LogP contribution in [0.1, 0.15) is 39.5 Å². The molecule has 112 valence electrons. The van der Waals surface area contributed by atoms with Gasteiger partial charge in [0.2, 0.25) is 5.75 Å². The van der Waals surface area contributed by atoms with Crippen molar-refractivity contribution in [1.29, 1.82) is 0 Å². The number of methoxy groups -OCH3 is 1. The van der Waals surface area contributed by atoms with Gasteiger partial charge in [-0.25, -0.2) is 9.97 Å². The highest BCUT2D eigenvalue weighted by Gasteiger charge is 2.26. The van der Waals surface area contributed by atoms with Crippen molar-refractivity contribution in [2.75, 3.05) is 30.9 Å². The number of rotatable bonds is 5. The second kappa shape index (κ2) is 6.77. The largest absolute Gasteiger partial charge is 0.490 e. The second-order valence-corrected chi connectivity index (χ2v) is 5.65. The molecule has 1 aromatic rings. The Bertz CT molecular complexity index is 438. The molecule has 2 atom stereocenters. The zero-order valence-corrected chi connectivity index (χ0v) is 13.0. The predicted molar refractivity (Wildman–Crippen MR) is 82.6 cm³/mol. The van der Waals surface area contributed by atoms with E-state index >= 15 is 0 Å². The maximum absolute atomic E-state index is 5.54. The zero-order chi connectivity index (χ0) is 14.5. The van der Waals surface area contributed by atoms with E-state index in [0.29, 0.717) is 6.04 Å². The van der Waals surface area contributed by atoms with Gasteiger partial charge >= 0.3 is 0 Å². The first-order valence-electron chi connectivity index (χ1n) is 7.53. The van der Waals surface area contributed by atoms with Gasteiger partial charge in [-0.3, -0.25) is 0 Å². The summed E-state index contributed by atoms with van der Waals surface area (Å²) in [5, 5.41) is 3.23. The summed E-state index contributed by atoms with van der Waals surface area (Å²) >= 11 is 0. The SMILES string of the molecule is CCNc1ncnc(N(C)C2CCCC(C)C2)c1OC. The van der Waals surface area contributed by atoms with Crippen LogP contribution in [0, 0.1) is 5.92 Å². The minimum Gasteiger partial charge on any atom is -0.490 e. The zero-order valence-electron chi connectivity index (χ0n) is 13.0. The molecule has 0 spiro atoms. The average molecular weight is 278 g/mol. The van der Waals surface area contributed by atoms with Gasteiger partial charge in [0.25, 0.3) is 0 Å². The fourth-order valence-corrected chi connectivity index (χ4v) is 3.02. The number of ether oxygens (including phenoxy) is 1. The summed E-state index contributed by atoms with van der Waals surface area (Å²) in [6, 6.07) is 0.539. The van der Waals surface area contributed by atoms with Gasteiger partial charge in [0.05, 0.1) is 7.11 Å². The highest BCUT2D eigenvalue weighted by Crippen LogP contribution is 2.35. The van der Waals surface area contributed by atoms with Gasteiger partial charge in [0.15, 0.2) is 11.6 Å². The molecule has 1 heterocycles. The Morgan fingerprint density at radius 2 is 2.20 bits per heavy atom. The minimum atomic E-state index is 0.539. The van der Waals surface area contributed by atoms with Crippen LogP contribution < -0.4 is 15.0 Å². The molecule has 1 aromatic heterocycles. The summed E-state index contributed by atoms with van der Waals surface area (Å²) in [4.78, 5) is 11.0. The maximum atomic E-state index is 5.54. The lowest BCUT2D eigenvalue weighted by atomic mass is 9.86. The van der Waals surface area contributed by atoms with E-state index in [-0.39, 0.29) is 0 Å². The normalized spacial score (nSPS) is 22.4. The Morgan fingerprint density at radius 1 is 1.40 bits per heavy atom. The standard InChI is InChI=1S/C15H26N4O/c1-5-16-14-13(20-4)15(18-10-17-14)19(3)12-8-6-7-11(2)9-12/h10-12H,5-9H2,1-4H3,(H,16,17,18). The van der Waals surface area contributed by atoms with Gasteiger partial charge < -0.3 is 15.0 Å². The summed E-state index contributed by atoms with van der Waals surface area (Å²) in [7, 11) is 3.80. The van der Waals surface area contributed by atoms with Crippen LogP contribution in [0.15, 0.2) is 6.33 Å². The van der Waals surface area contributed by atoms with E-state index < -0.39 is 0 Å².